The van der Waals surface area contributed by atoms with Gasteiger partial charge in [0.2, 0.25) is 11.8 Å². The van der Waals surface area contributed by atoms with Crippen LogP contribution in [0.3, 0.4) is 0 Å². The zero-order chi connectivity index (χ0) is 23.1. The third kappa shape index (κ3) is 3.58. The van der Waals surface area contributed by atoms with Crippen LogP contribution in [0.2, 0.25) is 0 Å². The maximum absolute atomic E-state index is 13.7. The van der Waals surface area contributed by atoms with E-state index in [1.807, 2.05) is 65.6 Å². The molecule has 1 unspecified atom stereocenters. The molecule has 2 aliphatic heterocycles. The highest BCUT2D eigenvalue weighted by molar-refractivity contribution is 5.97. The van der Waals surface area contributed by atoms with Crippen LogP contribution in [0.15, 0.2) is 84.9 Å². The van der Waals surface area contributed by atoms with Crippen LogP contribution in [-0.2, 0) is 29.0 Å². The molecule has 1 fully saturated rings. The molecule has 1 N–H and O–H groups in total. The van der Waals surface area contributed by atoms with Crippen molar-refractivity contribution in [1.29, 1.82) is 0 Å². The van der Waals surface area contributed by atoms with E-state index < -0.39 is 6.04 Å². The molecule has 0 spiro atoms. The number of benzene rings is 3. The monoisotopic (exact) mass is 449 g/mol. The minimum Gasteiger partial charge on any atom is -0.356 e. The Labute approximate surface area is 199 Å². The number of nitrogens with one attached hydrogen (secondary N) is 1. The number of hydrogen-bond acceptors (Lipinski definition) is 2. The number of carbonyl (C=O) groups is 2. The highest BCUT2D eigenvalue weighted by Gasteiger charge is 2.47. The lowest BCUT2D eigenvalue weighted by Crippen LogP contribution is -2.62. The predicted octanol–water partition coefficient (Wildman–Crippen LogP) is 4.64. The van der Waals surface area contributed by atoms with Crippen molar-refractivity contribution in [3.8, 4) is 0 Å². The molecular weight excluding hydrogens is 422 g/mol. The van der Waals surface area contributed by atoms with Crippen molar-refractivity contribution in [2.75, 3.05) is 6.54 Å². The fourth-order valence-electron chi connectivity index (χ4n) is 5.63. The molecule has 2 aliphatic rings. The van der Waals surface area contributed by atoms with Crippen LogP contribution < -0.4 is 0 Å². The number of rotatable bonds is 5. The molecule has 34 heavy (non-hydrogen) atoms. The van der Waals surface area contributed by atoms with Gasteiger partial charge in [0.1, 0.15) is 12.6 Å². The summed E-state index contributed by atoms with van der Waals surface area (Å²) >= 11 is 0. The van der Waals surface area contributed by atoms with E-state index in [1.165, 1.54) is 11.1 Å². The van der Waals surface area contributed by atoms with Crippen LogP contribution in [0.1, 0.15) is 34.8 Å². The number of hydrogen-bond donors (Lipinski definition) is 1. The third-order valence-corrected chi connectivity index (χ3v) is 7.23. The van der Waals surface area contributed by atoms with E-state index >= 15 is 0 Å². The second-order valence-corrected chi connectivity index (χ2v) is 9.30. The van der Waals surface area contributed by atoms with Crippen molar-refractivity contribution in [2.24, 2.45) is 0 Å². The molecule has 0 saturated carbocycles. The molecule has 2 amide bonds. The summed E-state index contributed by atoms with van der Waals surface area (Å²) < 4.78 is 0. The van der Waals surface area contributed by atoms with Gasteiger partial charge in [0.15, 0.2) is 0 Å². The molecular formula is C29H27N3O2. The SMILES string of the molecule is O=C1[C@@H]2Cc3c([nH]c4ccccc34)C(CCc3ccccc3)N2C(=O)CN1Cc1ccccc1. The maximum atomic E-state index is 13.7. The molecule has 5 heteroatoms. The number of nitrogens with zero attached hydrogens (tertiary/aromatic N) is 2. The molecule has 5 nitrogen and oxygen atoms in total. The van der Waals surface area contributed by atoms with Gasteiger partial charge in [0, 0.05) is 29.6 Å². The lowest BCUT2D eigenvalue weighted by Gasteiger charge is -2.47. The average Bonchev–Trinajstić information content (AvgIpc) is 3.25. The number of aromatic nitrogens is 1. The van der Waals surface area contributed by atoms with Crippen molar-refractivity contribution in [1.82, 2.24) is 14.8 Å². The van der Waals surface area contributed by atoms with E-state index in [1.54, 1.807) is 4.90 Å². The number of aromatic amines is 1. The number of fused-ring (bicyclic) bond motifs is 4. The van der Waals surface area contributed by atoms with Gasteiger partial charge in [-0.3, -0.25) is 9.59 Å². The molecule has 0 aliphatic carbocycles. The van der Waals surface area contributed by atoms with Crippen LogP contribution in [0.25, 0.3) is 10.9 Å². The van der Waals surface area contributed by atoms with E-state index in [-0.39, 0.29) is 24.4 Å². The summed E-state index contributed by atoms with van der Waals surface area (Å²) in [5.41, 5.74) is 5.62. The van der Waals surface area contributed by atoms with Crippen molar-refractivity contribution in [3.63, 3.8) is 0 Å². The summed E-state index contributed by atoms with van der Waals surface area (Å²) in [6.45, 7) is 0.590. The third-order valence-electron chi connectivity index (χ3n) is 7.23. The van der Waals surface area contributed by atoms with Crippen molar-refractivity contribution in [2.45, 2.75) is 37.9 Å². The lowest BCUT2D eigenvalue weighted by atomic mass is 9.86. The predicted molar refractivity (Wildman–Crippen MR) is 132 cm³/mol. The Bertz CT molecular complexity index is 1350. The summed E-state index contributed by atoms with van der Waals surface area (Å²) in [6.07, 6.45) is 2.17. The van der Waals surface area contributed by atoms with Gasteiger partial charge in [-0.2, -0.15) is 0 Å². The molecule has 3 aromatic carbocycles. The fraction of sp³-hybridized carbons (Fsp3) is 0.241. The molecule has 2 atom stereocenters. The number of carbonyl (C=O) groups excluding carboxylic acids is 2. The number of aryl methyl sites for hydroxylation is 1. The first-order chi connectivity index (χ1) is 16.7. The van der Waals surface area contributed by atoms with Crippen LogP contribution in [0.4, 0.5) is 0 Å². The quantitative estimate of drug-likeness (QED) is 0.483. The minimum absolute atomic E-state index is 0.0305. The molecule has 0 radical (unpaired) electrons. The molecule has 1 aromatic heterocycles. The topological polar surface area (TPSA) is 56.4 Å². The molecule has 0 bridgehead atoms. The normalized spacial score (nSPS) is 19.9. The van der Waals surface area contributed by atoms with Crippen LogP contribution in [-0.4, -0.2) is 39.2 Å². The van der Waals surface area contributed by atoms with Crippen molar-refractivity contribution in [3.05, 3.63) is 107 Å². The minimum atomic E-state index is -0.461. The summed E-state index contributed by atoms with van der Waals surface area (Å²) in [6, 6.07) is 27.9. The van der Waals surface area contributed by atoms with Gasteiger partial charge in [0.05, 0.1) is 6.04 Å². The highest BCUT2D eigenvalue weighted by Crippen LogP contribution is 2.41. The van der Waals surface area contributed by atoms with Gasteiger partial charge in [-0.05, 0) is 35.6 Å². The van der Waals surface area contributed by atoms with Crippen LogP contribution in [0.5, 0.6) is 0 Å². The first-order valence-corrected chi connectivity index (χ1v) is 12.0. The number of H-pyrrole nitrogens is 1. The van der Waals surface area contributed by atoms with E-state index in [9.17, 15) is 9.59 Å². The second-order valence-electron chi connectivity index (χ2n) is 9.30. The second kappa shape index (κ2) is 8.49. The highest BCUT2D eigenvalue weighted by atomic mass is 16.2. The Hall–Kier alpha value is -3.86. The Kier molecular flexibility index (Phi) is 5.17. The zero-order valence-corrected chi connectivity index (χ0v) is 19.0. The Morgan fingerprint density at radius 3 is 2.26 bits per heavy atom. The van der Waals surface area contributed by atoms with Crippen LogP contribution >= 0.6 is 0 Å². The Balaban J connectivity index is 1.37. The van der Waals surface area contributed by atoms with Gasteiger partial charge in [-0.15, -0.1) is 0 Å². The number of amides is 2. The summed E-state index contributed by atoms with van der Waals surface area (Å²) in [5.74, 6) is 0.0759. The van der Waals surface area contributed by atoms with Gasteiger partial charge < -0.3 is 14.8 Å². The van der Waals surface area contributed by atoms with E-state index in [4.69, 9.17) is 0 Å². The van der Waals surface area contributed by atoms with Gasteiger partial charge >= 0.3 is 0 Å². The summed E-state index contributed by atoms with van der Waals surface area (Å²) in [7, 11) is 0. The van der Waals surface area contributed by atoms with Crippen molar-refractivity contribution < 1.29 is 9.59 Å². The standard InChI is InChI=1S/C29H27N3O2/c33-27-19-31(18-21-11-5-2-6-12-21)29(34)26-17-23-22-13-7-8-14-24(22)30-28(23)25(32(26)27)16-15-20-9-3-1-4-10-20/h1-14,25-26,30H,15-19H2/t25?,26-/m0/s1. The van der Waals surface area contributed by atoms with Crippen LogP contribution in [0, 0.1) is 0 Å². The average molecular weight is 450 g/mol. The van der Waals surface area contributed by atoms with E-state index in [0.29, 0.717) is 13.0 Å². The van der Waals surface area contributed by atoms with E-state index in [2.05, 4.69) is 29.2 Å². The Morgan fingerprint density at radius 1 is 0.824 bits per heavy atom. The summed E-state index contributed by atoms with van der Waals surface area (Å²) in [4.78, 5) is 34.5. The molecule has 1 saturated heterocycles. The van der Waals surface area contributed by atoms with Gasteiger partial charge in [0.25, 0.3) is 0 Å². The van der Waals surface area contributed by atoms with E-state index in [0.717, 1.165) is 35.0 Å². The van der Waals surface area contributed by atoms with Gasteiger partial charge in [-0.1, -0.05) is 78.9 Å². The molecule has 3 heterocycles. The first-order valence-electron chi connectivity index (χ1n) is 12.0. The first kappa shape index (κ1) is 20.7. The van der Waals surface area contributed by atoms with Gasteiger partial charge in [-0.25, -0.2) is 0 Å². The number of piperazine rings is 1. The Morgan fingerprint density at radius 2 is 1.50 bits per heavy atom. The molecule has 170 valence electrons. The fourth-order valence-corrected chi connectivity index (χ4v) is 5.63. The zero-order valence-electron chi connectivity index (χ0n) is 19.0. The smallest absolute Gasteiger partial charge is 0.246 e. The summed E-state index contributed by atoms with van der Waals surface area (Å²) in [5, 5.41) is 1.15. The lowest BCUT2D eigenvalue weighted by molar-refractivity contribution is -0.160. The maximum Gasteiger partial charge on any atom is 0.246 e. The largest absolute Gasteiger partial charge is 0.356 e. The molecule has 6 rings (SSSR count). The molecule has 4 aromatic rings. The van der Waals surface area contributed by atoms with Crippen molar-refractivity contribution >= 4 is 22.7 Å². The number of para-hydroxylation sites is 1.